The number of thioether (sulfide) groups is 1. The highest BCUT2D eigenvalue weighted by Gasteiger charge is 2.30. The lowest BCUT2D eigenvalue weighted by molar-refractivity contribution is -0.138. The van der Waals surface area contributed by atoms with Crippen LogP contribution in [0.25, 0.3) is 22.2 Å². The zero-order valence-corrected chi connectivity index (χ0v) is 22.3. The Bertz CT molecular complexity index is 1650. The maximum Gasteiger partial charge on any atom is 0.416 e. The molecule has 0 bridgehead atoms. The van der Waals surface area contributed by atoms with E-state index in [1.54, 1.807) is 0 Å². The third kappa shape index (κ3) is 7.31. The Morgan fingerprint density at radius 3 is 2.22 bits per heavy atom. The molecule has 208 valence electrons. The first-order valence-electron chi connectivity index (χ1n) is 12.6. The number of halogens is 3. The average molecular weight is 576 g/mol. The molecule has 1 unspecified atom stereocenters. The monoisotopic (exact) mass is 575 g/mol. The zero-order chi connectivity index (χ0) is 28.8. The van der Waals surface area contributed by atoms with E-state index in [0.717, 1.165) is 28.5 Å². The number of aromatic nitrogens is 3. The van der Waals surface area contributed by atoms with E-state index in [1.807, 2.05) is 72.8 Å². The topological polar surface area (TPSA) is 100 Å². The molecule has 1 aromatic heterocycles. The summed E-state index contributed by atoms with van der Waals surface area (Å²) >= 11 is 1.45. The fraction of sp³-hybridized carbons (Fsp3) is 0.133. The molecule has 0 aliphatic heterocycles. The van der Waals surface area contributed by atoms with Gasteiger partial charge in [-0.25, -0.2) is 4.79 Å². The van der Waals surface area contributed by atoms with Crippen LogP contribution < -0.4 is 10.6 Å². The van der Waals surface area contributed by atoms with E-state index in [9.17, 15) is 23.1 Å². The van der Waals surface area contributed by atoms with E-state index < -0.39 is 23.8 Å². The van der Waals surface area contributed by atoms with Gasteiger partial charge in [0.2, 0.25) is 11.9 Å². The average Bonchev–Trinajstić information content (AvgIpc) is 2.96. The summed E-state index contributed by atoms with van der Waals surface area (Å²) in [6.07, 6.45) is -4.46. The molecule has 0 saturated heterocycles. The molecule has 0 radical (unpaired) electrons. The van der Waals surface area contributed by atoms with Crippen molar-refractivity contribution in [3.05, 3.63) is 108 Å². The van der Waals surface area contributed by atoms with Gasteiger partial charge in [0.1, 0.15) is 6.04 Å². The van der Waals surface area contributed by atoms with E-state index >= 15 is 0 Å². The predicted octanol–water partition coefficient (Wildman–Crippen LogP) is 7.25. The van der Waals surface area contributed by atoms with Gasteiger partial charge in [-0.1, -0.05) is 66.7 Å². The molecule has 7 nitrogen and oxygen atoms in total. The Morgan fingerprint density at radius 1 is 0.829 bits per heavy atom. The van der Waals surface area contributed by atoms with Crippen molar-refractivity contribution < 1.29 is 23.1 Å². The van der Waals surface area contributed by atoms with E-state index in [2.05, 4.69) is 25.6 Å². The van der Waals surface area contributed by atoms with Crippen LogP contribution in [0.5, 0.6) is 0 Å². The van der Waals surface area contributed by atoms with Gasteiger partial charge in [-0.3, -0.25) is 0 Å². The highest BCUT2D eigenvalue weighted by molar-refractivity contribution is 7.98. The molecule has 3 N–H and O–H groups in total. The van der Waals surface area contributed by atoms with Crippen molar-refractivity contribution in [2.45, 2.75) is 18.0 Å². The second-order valence-electron chi connectivity index (χ2n) is 9.10. The molecule has 5 aromatic rings. The molecular formula is C30H24F3N5O2S. The molecule has 0 fully saturated rings. The summed E-state index contributed by atoms with van der Waals surface area (Å²) in [5.41, 5.74) is 1.28. The highest BCUT2D eigenvalue weighted by atomic mass is 32.2. The summed E-state index contributed by atoms with van der Waals surface area (Å²) in [4.78, 5) is 25.4. The Morgan fingerprint density at radius 2 is 1.51 bits per heavy atom. The minimum absolute atomic E-state index is 0.0188. The molecular weight excluding hydrogens is 551 g/mol. The minimum Gasteiger partial charge on any atom is -0.480 e. The summed E-state index contributed by atoms with van der Waals surface area (Å²) in [6.45, 7) is 0. The Kier molecular flexibility index (Phi) is 8.34. The van der Waals surface area contributed by atoms with Gasteiger partial charge in [-0.15, -0.1) is 0 Å². The van der Waals surface area contributed by atoms with Crippen LogP contribution in [0.4, 0.5) is 30.8 Å². The van der Waals surface area contributed by atoms with Crippen molar-refractivity contribution in [2.75, 3.05) is 16.4 Å². The molecule has 0 amide bonds. The number of rotatable bonds is 10. The molecule has 4 aromatic carbocycles. The summed E-state index contributed by atoms with van der Waals surface area (Å²) in [6, 6.07) is 26.6. The van der Waals surface area contributed by atoms with Gasteiger partial charge in [0.15, 0.2) is 5.82 Å². The number of hydrogen-bond acceptors (Lipinski definition) is 7. The fourth-order valence-corrected chi connectivity index (χ4v) is 5.03. The Balaban J connectivity index is 1.43. The standard InChI is InChI=1S/C30H24F3N5O2S/c31-30(32,33)23-12-14-24(15-13-23)34-28-36-26(22-11-10-20-8-4-5-9-21(20)16-22)37-29(38-28)35-25(27(39)40)18-41-17-19-6-2-1-3-7-19/h1-16,25H,17-18H2,(H,39,40)(H2,34,35,36,37,38). The second kappa shape index (κ2) is 12.3. The van der Waals surface area contributed by atoms with Crippen LogP contribution in [0, 0.1) is 0 Å². The number of benzene rings is 4. The van der Waals surface area contributed by atoms with Crippen molar-refractivity contribution in [1.29, 1.82) is 0 Å². The number of carboxylic acids is 1. The quantitative estimate of drug-likeness (QED) is 0.160. The molecule has 11 heteroatoms. The first kappa shape index (κ1) is 27.9. The number of fused-ring (bicyclic) bond motifs is 1. The number of aliphatic carboxylic acids is 1. The largest absolute Gasteiger partial charge is 0.480 e. The Hall–Kier alpha value is -4.64. The fourth-order valence-electron chi connectivity index (χ4n) is 4.02. The third-order valence-corrected chi connectivity index (χ3v) is 7.22. The van der Waals surface area contributed by atoms with E-state index in [4.69, 9.17) is 0 Å². The highest BCUT2D eigenvalue weighted by Crippen LogP contribution is 2.30. The lowest BCUT2D eigenvalue weighted by Gasteiger charge is -2.16. The van der Waals surface area contributed by atoms with Crippen molar-refractivity contribution in [2.24, 2.45) is 0 Å². The van der Waals surface area contributed by atoms with E-state index in [1.165, 1.54) is 23.9 Å². The zero-order valence-electron chi connectivity index (χ0n) is 21.5. The number of carbonyl (C=O) groups is 1. The number of nitrogens with one attached hydrogen (secondary N) is 2. The predicted molar refractivity (Wildman–Crippen MR) is 155 cm³/mol. The van der Waals surface area contributed by atoms with Crippen molar-refractivity contribution in [3.63, 3.8) is 0 Å². The lowest BCUT2D eigenvalue weighted by Crippen LogP contribution is -2.32. The second-order valence-corrected chi connectivity index (χ2v) is 10.1. The summed E-state index contributed by atoms with van der Waals surface area (Å²) in [5, 5.41) is 17.7. The summed E-state index contributed by atoms with van der Waals surface area (Å²) in [7, 11) is 0. The number of alkyl halides is 3. The van der Waals surface area contributed by atoms with Crippen LogP contribution in [0.2, 0.25) is 0 Å². The van der Waals surface area contributed by atoms with Crippen molar-refractivity contribution in [3.8, 4) is 11.4 Å². The van der Waals surface area contributed by atoms with Gasteiger partial charge < -0.3 is 15.7 Å². The maximum atomic E-state index is 13.0. The van der Waals surface area contributed by atoms with Gasteiger partial charge in [0, 0.05) is 22.8 Å². The molecule has 0 spiro atoms. The van der Waals surface area contributed by atoms with E-state index in [0.29, 0.717) is 17.0 Å². The molecule has 0 aliphatic rings. The van der Waals surface area contributed by atoms with Crippen LogP contribution in [0.3, 0.4) is 0 Å². The van der Waals surface area contributed by atoms with Gasteiger partial charge in [-0.2, -0.15) is 39.9 Å². The molecule has 1 atom stereocenters. The number of anilines is 3. The van der Waals surface area contributed by atoms with Crippen LogP contribution >= 0.6 is 11.8 Å². The molecule has 1 heterocycles. The minimum atomic E-state index is -4.46. The molecule has 0 saturated carbocycles. The van der Waals surface area contributed by atoms with Gasteiger partial charge >= 0.3 is 12.1 Å². The number of hydrogen-bond donors (Lipinski definition) is 3. The van der Waals surface area contributed by atoms with Gasteiger partial charge in [0.05, 0.1) is 5.56 Å². The maximum absolute atomic E-state index is 13.0. The third-order valence-electron chi connectivity index (χ3n) is 6.11. The normalized spacial score (nSPS) is 12.2. The number of nitrogens with zero attached hydrogens (tertiary/aromatic N) is 3. The SMILES string of the molecule is O=C(O)C(CSCc1ccccc1)Nc1nc(Nc2ccc(C(F)(F)F)cc2)nc(-c2ccc3ccccc3c2)n1. The first-order valence-corrected chi connectivity index (χ1v) is 13.7. The van der Waals surface area contributed by atoms with Gasteiger partial charge in [0.25, 0.3) is 0 Å². The van der Waals surface area contributed by atoms with E-state index in [-0.39, 0.29) is 23.5 Å². The molecule has 41 heavy (non-hydrogen) atoms. The molecule has 0 aliphatic carbocycles. The van der Waals surface area contributed by atoms with Crippen molar-refractivity contribution in [1.82, 2.24) is 15.0 Å². The molecule has 5 rings (SSSR count). The van der Waals surface area contributed by atoms with Crippen LogP contribution in [0.15, 0.2) is 97.1 Å². The van der Waals surface area contributed by atoms with Crippen molar-refractivity contribution >= 4 is 46.1 Å². The van der Waals surface area contributed by atoms with Crippen LogP contribution in [0.1, 0.15) is 11.1 Å². The first-order chi connectivity index (χ1) is 19.7. The summed E-state index contributed by atoms with van der Waals surface area (Å²) < 4.78 is 39.0. The van der Waals surface area contributed by atoms with Crippen LogP contribution in [-0.2, 0) is 16.7 Å². The number of carboxylic acid groups (broad SMARTS) is 1. The Labute approximate surface area is 237 Å². The lowest BCUT2D eigenvalue weighted by atomic mass is 10.1. The van der Waals surface area contributed by atoms with Crippen LogP contribution in [-0.4, -0.2) is 37.8 Å². The smallest absolute Gasteiger partial charge is 0.416 e. The van der Waals surface area contributed by atoms with Gasteiger partial charge in [-0.05, 0) is 46.7 Å². The summed E-state index contributed by atoms with van der Waals surface area (Å²) in [5.74, 6) is 0.131.